The molecule has 6 N–H and O–H groups in total. The lowest BCUT2D eigenvalue weighted by molar-refractivity contribution is -0.160. The molecule has 0 radical (unpaired) electrons. The summed E-state index contributed by atoms with van der Waals surface area (Å²) in [6.07, 6.45) is 3.56. The van der Waals surface area contributed by atoms with Crippen molar-refractivity contribution in [3.8, 4) is 17.2 Å². The first-order valence-electron chi connectivity index (χ1n) is 19.3. The van der Waals surface area contributed by atoms with Crippen LogP contribution >= 0.6 is 0 Å². The SMILES string of the molecule is CCOC(=O)c1c(C)[nH]c2c1c1c(O)c3c(O)c(C)c4c(c32)C(=O)[C@@](C)(O/C=C\[C@H](OC)[C@H](C)[C@H](OC(C)=O)[C@H](C)[C@H](O)[C@H](C)[C@H](O)[C@@H](C)/C=C/C=C(\C)C(=O)N1)O4. The maximum atomic E-state index is 14.6. The normalized spacial score (nSPS) is 30.3. The molecule has 15 heteroatoms. The minimum absolute atomic E-state index is 0.00939. The largest absolute Gasteiger partial charge is 0.507 e. The number of phenols is 2. The summed E-state index contributed by atoms with van der Waals surface area (Å²) in [6, 6.07) is 0. The molecule has 9 atom stereocenters. The number of aromatic amines is 1. The Bertz CT molecular complexity index is 2240. The first-order chi connectivity index (χ1) is 27.2. The molecule has 2 aromatic carbocycles. The van der Waals surface area contributed by atoms with E-state index in [4.69, 9.17) is 23.7 Å². The number of fused-ring (bicyclic) bond motifs is 1. The fraction of sp³-hybridized carbons (Fsp3) is 0.488. The van der Waals surface area contributed by atoms with Gasteiger partial charge in [0.1, 0.15) is 17.6 Å². The van der Waals surface area contributed by atoms with Gasteiger partial charge in [-0.1, -0.05) is 45.9 Å². The number of carbonyl (C=O) groups excluding carboxylic acids is 4. The highest BCUT2D eigenvalue weighted by molar-refractivity contribution is 6.31. The van der Waals surface area contributed by atoms with Crippen molar-refractivity contribution < 1.29 is 63.3 Å². The number of aromatic hydroxyl groups is 2. The molecule has 3 heterocycles. The zero-order valence-electron chi connectivity index (χ0n) is 34.7. The van der Waals surface area contributed by atoms with Gasteiger partial charge in [0, 0.05) is 72.2 Å². The molecule has 2 aliphatic rings. The van der Waals surface area contributed by atoms with Gasteiger partial charge >= 0.3 is 17.7 Å². The number of esters is 2. The van der Waals surface area contributed by atoms with Crippen molar-refractivity contribution in [2.24, 2.45) is 23.7 Å². The van der Waals surface area contributed by atoms with E-state index in [2.05, 4.69) is 10.3 Å². The van der Waals surface area contributed by atoms with E-state index >= 15 is 0 Å². The number of ketones is 1. The molecule has 0 aliphatic carbocycles. The highest BCUT2D eigenvalue weighted by Gasteiger charge is 2.50. The Morgan fingerprint density at radius 2 is 1.60 bits per heavy atom. The van der Waals surface area contributed by atoms with E-state index in [0.29, 0.717) is 5.69 Å². The lowest BCUT2D eigenvalue weighted by atomic mass is 9.78. The maximum absolute atomic E-state index is 14.6. The number of hydrogen-bond donors (Lipinski definition) is 6. The Kier molecular flexibility index (Phi) is 12.7. The molecular weight excluding hydrogens is 752 g/mol. The van der Waals surface area contributed by atoms with Crippen LogP contribution in [0.15, 0.2) is 36.1 Å². The third-order valence-electron chi connectivity index (χ3n) is 11.4. The van der Waals surface area contributed by atoms with Crippen molar-refractivity contribution in [2.45, 2.75) is 99.4 Å². The number of aliphatic hydroxyl groups excluding tert-OH is 2. The molecular formula is C43H54N2O13. The highest BCUT2D eigenvalue weighted by Crippen LogP contribution is 2.54. The average Bonchev–Trinajstić information content (AvgIpc) is 3.66. The zero-order valence-corrected chi connectivity index (χ0v) is 34.7. The summed E-state index contributed by atoms with van der Waals surface area (Å²) >= 11 is 0. The number of methoxy groups -OCH3 is 1. The van der Waals surface area contributed by atoms with Gasteiger partial charge in [-0.2, -0.15) is 0 Å². The Hall–Kier alpha value is -5.38. The first-order valence-corrected chi connectivity index (χ1v) is 19.3. The Morgan fingerprint density at radius 3 is 2.22 bits per heavy atom. The number of rotatable bonds is 4. The number of carbonyl (C=O) groups is 4. The van der Waals surface area contributed by atoms with E-state index in [1.807, 2.05) is 0 Å². The quantitative estimate of drug-likeness (QED) is 0.131. The van der Waals surface area contributed by atoms with E-state index in [1.54, 1.807) is 53.7 Å². The molecule has 1 amide bonds. The monoisotopic (exact) mass is 806 g/mol. The molecule has 15 nitrogen and oxygen atoms in total. The van der Waals surface area contributed by atoms with Gasteiger partial charge in [-0.3, -0.25) is 14.4 Å². The molecule has 314 valence electrons. The molecule has 2 aliphatic heterocycles. The summed E-state index contributed by atoms with van der Waals surface area (Å²) in [5, 5.41) is 49.1. The van der Waals surface area contributed by atoms with Gasteiger partial charge in [0.2, 0.25) is 0 Å². The van der Waals surface area contributed by atoms with Crippen molar-refractivity contribution in [3.05, 3.63) is 58.5 Å². The van der Waals surface area contributed by atoms with Crippen LogP contribution in [0.1, 0.15) is 87.4 Å². The summed E-state index contributed by atoms with van der Waals surface area (Å²) in [4.78, 5) is 57.3. The molecule has 4 bridgehead atoms. The van der Waals surface area contributed by atoms with Gasteiger partial charge < -0.3 is 54.4 Å². The smallest absolute Gasteiger partial charge is 0.340 e. The maximum Gasteiger partial charge on any atom is 0.340 e. The number of phenolic OH excluding ortho intramolecular Hbond substituents is 2. The number of allylic oxidation sites excluding steroid dienone is 2. The molecule has 5 rings (SSSR count). The number of aromatic nitrogens is 1. The number of benzene rings is 2. The van der Waals surface area contributed by atoms with E-state index in [-0.39, 0.29) is 62.0 Å². The minimum atomic E-state index is -2.02. The fourth-order valence-electron chi connectivity index (χ4n) is 8.01. The van der Waals surface area contributed by atoms with Crippen molar-refractivity contribution in [3.63, 3.8) is 0 Å². The number of anilines is 1. The summed E-state index contributed by atoms with van der Waals surface area (Å²) in [5.41, 5.74) is 0.365. The summed E-state index contributed by atoms with van der Waals surface area (Å²) in [7, 11) is 1.44. The lowest BCUT2D eigenvalue weighted by Gasteiger charge is -2.38. The second-order valence-corrected chi connectivity index (χ2v) is 15.5. The Balaban J connectivity index is 1.78. The van der Waals surface area contributed by atoms with Gasteiger partial charge in [-0.15, -0.1) is 0 Å². The number of aliphatic hydroxyl groups is 2. The number of nitrogens with one attached hydrogen (secondary N) is 2. The fourth-order valence-corrected chi connectivity index (χ4v) is 8.01. The molecule has 58 heavy (non-hydrogen) atoms. The van der Waals surface area contributed by atoms with Crippen molar-refractivity contribution >= 4 is 51.0 Å². The topological polar surface area (TPSA) is 223 Å². The molecule has 0 saturated carbocycles. The standard InChI is InChI=1S/C43H54N2O13/c1-12-55-42(53)27-24(8)44-32-28-30-36(49)23(7)39-31(28)40(51)43(10,58-39)56-17-16-26(54-11)20(4)38(57-25(9)46)22(6)35(48)21(5)34(47)18(2)14-13-15-19(3)41(52)45-33(29(27)32)37(30)50/h13-18,20-22,26,34-35,38,44,47-50H,12H2,1-11H3,(H,45,52)/b14-13+,17-16-,19-15+/t18-,20-,21+,22+,26-,34+,35+,38-,43-/m0/s1. The van der Waals surface area contributed by atoms with Crippen LogP contribution in [0, 0.1) is 37.5 Å². The molecule has 0 spiro atoms. The van der Waals surface area contributed by atoms with Crippen molar-refractivity contribution in [1.29, 1.82) is 0 Å². The second-order valence-electron chi connectivity index (χ2n) is 15.5. The van der Waals surface area contributed by atoms with Crippen LogP contribution in [0.25, 0.3) is 21.7 Å². The minimum Gasteiger partial charge on any atom is -0.507 e. The predicted molar refractivity (Wildman–Crippen MR) is 215 cm³/mol. The van der Waals surface area contributed by atoms with Crippen LogP contribution in [0.3, 0.4) is 0 Å². The van der Waals surface area contributed by atoms with E-state index in [9.17, 15) is 39.6 Å². The number of hydrogen-bond acceptors (Lipinski definition) is 13. The Labute approximate surface area is 336 Å². The van der Waals surface area contributed by atoms with Gasteiger partial charge in [-0.05, 0) is 33.8 Å². The third-order valence-corrected chi connectivity index (χ3v) is 11.4. The van der Waals surface area contributed by atoms with Gasteiger partial charge in [0.25, 0.3) is 11.7 Å². The third kappa shape index (κ3) is 7.65. The molecule has 0 fully saturated rings. The van der Waals surface area contributed by atoms with Crippen LogP contribution in [-0.4, -0.2) is 93.0 Å². The average molecular weight is 807 g/mol. The number of ether oxygens (including phenoxy) is 5. The van der Waals surface area contributed by atoms with E-state index in [0.717, 1.165) is 0 Å². The Morgan fingerprint density at radius 1 is 0.931 bits per heavy atom. The summed E-state index contributed by atoms with van der Waals surface area (Å²) < 4.78 is 29.1. The predicted octanol–water partition coefficient (Wildman–Crippen LogP) is 6.01. The van der Waals surface area contributed by atoms with E-state index < -0.39 is 89.0 Å². The number of aryl methyl sites for hydroxylation is 1. The number of H-pyrrole nitrogens is 1. The lowest BCUT2D eigenvalue weighted by Crippen LogP contribution is -2.46. The second kappa shape index (κ2) is 16.8. The summed E-state index contributed by atoms with van der Waals surface area (Å²) in [6.45, 7) is 15.8. The van der Waals surface area contributed by atoms with E-state index in [1.165, 1.54) is 53.2 Å². The van der Waals surface area contributed by atoms with Crippen LogP contribution in [0.4, 0.5) is 5.69 Å². The summed E-state index contributed by atoms with van der Waals surface area (Å²) in [5.74, 6) is -8.35. The van der Waals surface area contributed by atoms with Crippen LogP contribution in [0.5, 0.6) is 17.2 Å². The molecule has 0 saturated heterocycles. The van der Waals surface area contributed by atoms with Crippen molar-refractivity contribution in [2.75, 3.05) is 19.0 Å². The van der Waals surface area contributed by atoms with Crippen LogP contribution in [0.2, 0.25) is 0 Å². The number of Topliss-reactive ketones (excluding diaryl/α,β-unsaturated/α-hetero) is 1. The number of amides is 1. The van der Waals surface area contributed by atoms with Gasteiger partial charge in [0.05, 0.1) is 58.9 Å². The first kappa shape index (κ1) is 43.7. The van der Waals surface area contributed by atoms with Crippen LogP contribution < -0.4 is 10.1 Å². The molecule has 3 aromatic rings. The van der Waals surface area contributed by atoms with Crippen molar-refractivity contribution in [1.82, 2.24) is 4.98 Å². The highest BCUT2D eigenvalue weighted by atomic mass is 16.7. The molecule has 0 unspecified atom stereocenters. The van der Waals surface area contributed by atoms with Gasteiger partial charge in [0.15, 0.2) is 5.75 Å². The van der Waals surface area contributed by atoms with Gasteiger partial charge in [-0.25, -0.2) is 4.79 Å². The molecule has 1 aromatic heterocycles. The van der Waals surface area contributed by atoms with Crippen LogP contribution in [-0.2, 0) is 28.5 Å². The zero-order chi connectivity index (χ0) is 43.1.